The molecule has 21 heavy (non-hydrogen) atoms. The van der Waals surface area contributed by atoms with E-state index in [1.807, 2.05) is 29.1 Å². The van der Waals surface area contributed by atoms with Crippen LogP contribution >= 0.6 is 0 Å². The summed E-state index contributed by atoms with van der Waals surface area (Å²) in [7, 11) is 0. The lowest BCUT2D eigenvalue weighted by Gasteiger charge is -2.29. The maximum absolute atomic E-state index is 5.71. The van der Waals surface area contributed by atoms with E-state index in [1.165, 1.54) is 10.9 Å². The van der Waals surface area contributed by atoms with Gasteiger partial charge in [0.1, 0.15) is 5.82 Å². The van der Waals surface area contributed by atoms with Crippen LogP contribution in [0.2, 0.25) is 0 Å². The van der Waals surface area contributed by atoms with Crippen LogP contribution in [0.4, 0.5) is 5.95 Å². The van der Waals surface area contributed by atoms with Crippen LogP contribution < -0.4 is 5.73 Å². The normalized spacial score (nSPS) is 21.4. The van der Waals surface area contributed by atoms with Gasteiger partial charge in [0.05, 0.1) is 12.1 Å². The molecule has 106 valence electrons. The molecule has 3 aromatic rings. The van der Waals surface area contributed by atoms with Crippen LogP contribution in [0.15, 0.2) is 36.5 Å². The highest BCUT2D eigenvalue weighted by atomic mass is 15.4. The second-order valence-electron chi connectivity index (χ2n) is 5.82. The SMILES string of the molecule is CC1Cc2nc(N)nn2CC1c1cnc2ccccc2c1. The molecule has 4 rings (SSSR count). The third kappa shape index (κ3) is 2.05. The molecule has 0 aliphatic carbocycles. The highest BCUT2D eigenvalue weighted by Crippen LogP contribution is 2.33. The van der Waals surface area contributed by atoms with Gasteiger partial charge < -0.3 is 5.73 Å². The third-order valence-electron chi connectivity index (χ3n) is 4.37. The third-order valence-corrected chi connectivity index (χ3v) is 4.37. The number of nitrogens with two attached hydrogens (primary N) is 1. The Labute approximate surface area is 122 Å². The molecule has 0 spiro atoms. The molecule has 2 aromatic heterocycles. The maximum atomic E-state index is 5.71. The van der Waals surface area contributed by atoms with Crippen LogP contribution in [-0.2, 0) is 13.0 Å². The second kappa shape index (κ2) is 4.55. The summed E-state index contributed by atoms with van der Waals surface area (Å²) < 4.78 is 1.94. The van der Waals surface area contributed by atoms with Crippen molar-refractivity contribution < 1.29 is 0 Å². The molecule has 0 fully saturated rings. The summed E-state index contributed by atoms with van der Waals surface area (Å²) in [5, 5.41) is 5.47. The van der Waals surface area contributed by atoms with Gasteiger partial charge in [-0.25, -0.2) is 4.68 Å². The predicted octanol–water partition coefficient (Wildman–Crippen LogP) is 2.38. The lowest BCUT2D eigenvalue weighted by atomic mass is 9.83. The molecule has 1 aromatic carbocycles. The van der Waals surface area contributed by atoms with Crippen molar-refractivity contribution >= 4 is 16.9 Å². The number of pyridine rings is 1. The Morgan fingerprint density at radius 3 is 3.05 bits per heavy atom. The minimum absolute atomic E-state index is 0.370. The van der Waals surface area contributed by atoms with Crippen molar-refractivity contribution in [3.8, 4) is 0 Å². The predicted molar refractivity (Wildman–Crippen MR) is 81.8 cm³/mol. The summed E-state index contributed by atoms with van der Waals surface area (Å²) in [6.45, 7) is 3.08. The van der Waals surface area contributed by atoms with E-state index < -0.39 is 0 Å². The number of hydrogen-bond acceptors (Lipinski definition) is 4. The first-order chi connectivity index (χ1) is 10.2. The zero-order chi connectivity index (χ0) is 14.4. The topological polar surface area (TPSA) is 69.6 Å². The number of benzene rings is 1. The van der Waals surface area contributed by atoms with E-state index in [0.29, 0.717) is 17.8 Å². The molecule has 2 atom stereocenters. The number of fused-ring (bicyclic) bond motifs is 2. The van der Waals surface area contributed by atoms with Gasteiger partial charge >= 0.3 is 0 Å². The Morgan fingerprint density at radius 1 is 1.29 bits per heavy atom. The second-order valence-corrected chi connectivity index (χ2v) is 5.82. The van der Waals surface area contributed by atoms with Crippen LogP contribution in [-0.4, -0.2) is 19.7 Å². The molecular formula is C16H17N5. The molecule has 0 radical (unpaired) electrons. The van der Waals surface area contributed by atoms with Crippen molar-refractivity contribution in [2.24, 2.45) is 5.92 Å². The number of aromatic nitrogens is 4. The Morgan fingerprint density at radius 2 is 2.14 bits per heavy atom. The zero-order valence-corrected chi connectivity index (χ0v) is 11.9. The Hall–Kier alpha value is -2.43. The van der Waals surface area contributed by atoms with Crippen LogP contribution in [0.25, 0.3) is 10.9 Å². The highest BCUT2D eigenvalue weighted by Gasteiger charge is 2.29. The van der Waals surface area contributed by atoms with E-state index in [2.05, 4.69) is 34.1 Å². The first-order valence-electron chi connectivity index (χ1n) is 7.24. The smallest absolute Gasteiger partial charge is 0.239 e. The molecule has 0 bridgehead atoms. The summed E-state index contributed by atoms with van der Waals surface area (Å²) in [6, 6.07) is 10.5. The van der Waals surface area contributed by atoms with Crippen molar-refractivity contribution in [2.75, 3.05) is 5.73 Å². The van der Waals surface area contributed by atoms with Crippen molar-refractivity contribution in [3.63, 3.8) is 0 Å². The van der Waals surface area contributed by atoms with E-state index >= 15 is 0 Å². The lowest BCUT2D eigenvalue weighted by Crippen LogP contribution is -2.27. The van der Waals surface area contributed by atoms with Crippen LogP contribution in [0.3, 0.4) is 0 Å². The Balaban J connectivity index is 1.74. The summed E-state index contributed by atoms with van der Waals surface area (Å²) in [5.41, 5.74) is 8.01. The molecule has 1 aliphatic rings. The zero-order valence-electron chi connectivity index (χ0n) is 11.9. The molecular weight excluding hydrogens is 262 g/mol. The maximum Gasteiger partial charge on any atom is 0.239 e. The standard InChI is InChI=1S/C16H17N5/c1-10-6-15-19-16(17)20-21(15)9-13(10)12-7-11-4-2-3-5-14(11)18-8-12/h2-5,7-8,10,13H,6,9H2,1H3,(H2,17,20). The summed E-state index contributed by atoms with van der Waals surface area (Å²) in [5.74, 6) is 2.26. The van der Waals surface area contributed by atoms with Gasteiger partial charge in [-0.3, -0.25) is 4.98 Å². The fourth-order valence-corrected chi connectivity index (χ4v) is 3.21. The minimum Gasteiger partial charge on any atom is -0.366 e. The largest absolute Gasteiger partial charge is 0.366 e. The van der Waals surface area contributed by atoms with Crippen LogP contribution in [0, 0.1) is 5.92 Å². The molecule has 0 amide bonds. The van der Waals surface area contributed by atoms with Crippen molar-refractivity contribution in [3.05, 3.63) is 47.9 Å². The lowest BCUT2D eigenvalue weighted by molar-refractivity contribution is 0.330. The average molecular weight is 279 g/mol. The van der Waals surface area contributed by atoms with Gasteiger partial charge in [-0.05, 0) is 23.6 Å². The van der Waals surface area contributed by atoms with E-state index in [4.69, 9.17) is 5.73 Å². The molecule has 5 heteroatoms. The number of nitrogens with zero attached hydrogens (tertiary/aromatic N) is 4. The fraction of sp³-hybridized carbons (Fsp3) is 0.312. The molecule has 2 N–H and O–H groups in total. The quantitative estimate of drug-likeness (QED) is 0.742. The molecule has 2 unspecified atom stereocenters. The van der Waals surface area contributed by atoms with Gasteiger partial charge in [-0.15, -0.1) is 5.10 Å². The van der Waals surface area contributed by atoms with Crippen molar-refractivity contribution in [2.45, 2.75) is 25.8 Å². The van der Waals surface area contributed by atoms with Gasteiger partial charge in [0.2, 0.25) is 5.95 Å². The summed E-state index contributed by atoms with van der Waals surface area (Å²) in [6.07, 6.45) is 2.90. The van der Waals surface area contributed by atoms with Gasteiger partial charge in [0.25, 0.3) is 0 Å². The molecule has 0 saturated carbocycles. The first kappa shape index (κ1) is 12.3. The minimum atomic E-state index is 0.370. The number of nitrogen functional groups attached to an aromatic ring is 1. The van der Waals surface area contributed by atoms with Crippen molar-refractivity contribution in [1.29, 1.82) is 0 Å². The van der Waals surface area contributed by atoms with E-state index in [-0.39, 0.29) is 0 Å². The van der Waals surface area contributed by atoms with Crippen LogP contribution in [0.1, 0.15) is 24.2 Å². The highest BCUT2D eigenvalue weighted by molar-refractivity contribution is 5.78. The first-order valence-corrected chi connectivity index (χ1v) is 7.24. The number of para-hydroxylation sites is 1. The Kier molecular flexibility index (Phi) is 2.67. The fourth-order valence-electron chi connectivity index (χ4n) is 3.21. The summed E-state index contributed by atoms with van der Waals surface area (Å²) >= 11 is 0. The number of hydrogen-bond donors (Lipinski definition) is 1. The van der Waals surface area contributed by atoms with Gasteiger partial charge in [-0.2, -0.15) is 4.98 Å². The molecule has 1 aliphatic heterocycles. The number of rotatable bonds is 1. The van der Waals surface area contributed by atoms with Gasteiger partial charge in [-0.1, -0.05) is 25.1 Å². The molecule has 3 heterocycles. The number of anilines is 1. The van der Waals surface area contributed by atoms with E-state index in [0.717, 1.165) is 24.3 Å². The van der Waals surface area contributed by atoms with Gasteiger partial charge in [0, 0.05) is 23.9 Å². The monoisotopic (exact) mass is 279 g/mol. The average Bonchev–Trinajstić information content (AvgIpc) is 2.85. The van der Waals surface area contributed by atoms with E-state index in [9.17, 15) is 0 Å². The molecule has 5 nitrogen and oxygen atoms in total. The van der Waals surface area contributed by atoms with Gasteiger partial charge in [0.15, 0.2) is 0 Å². The summed E-state index contributed by atoms with van der Waals surface area (Å²) in [4.78, 5) is 8.88. The molecule has 0 saturated heterocycles. The van der Waals surface area contributed by atoms with Crippen molar-refractivity contribution in [1.82, 2.24) is 19.7 Å². The van der Waals surface area contributed by atoms with E-state index in [1.54, 1.807) is 0 Å². The Bertz CT molecular complexity index is 807. The van der Waals surface area contributed by atoms with Crippen LogP contribution in [0.5, 0.6) is 0 Å².